The molecule has 1 aromatic carbocycles. The fourth-order valence-electron chi connectivity index (χ4n) is 1.89. The number of nitrogens with zero attached hydrogens (tertiary/aromatic N) is 1. The lowest BCUT2D eigenvalue weighted by atomic mass is 10.1. The summed E-state index contributed by atoms with van der Waals surface area (Å²) in [6, 6.07) is 4.68. The molecular weight excluding hydrogens is 304 g/mol. The Morgan fingerprint density at radius 3 is 2.50 bits per heavy atom. The van der Waals surface area contributed by atoms with E-state index in [-0.39, 0.29) is 4.90 Å². The van der Waals surface area contributed by atoms with Crippen molar-refractivity contribution < 1.29 is 17.9 Å². The maximum atomic E-state index is 11.9. The van der Waals surface area contributed by atoms with E-state index in [9.17, 15) is 13.2 Å². The minimum Gasteiger partial charge on any atom is -0.444 e. The number of carbonyl (C=O) groups excluding carboxylic acids is 1. The fraction of sp³-hybridized carbons (Fsp3) is 0.333. The lowest BCUT2D eigenvalue weighted by Crippen LogP contribution is -2.27. The van der Waals surface area contributed by atoms with E-state index in [4.69, 9.17) is 4.74 Å². The smallest absolute Gasteiger partial charge is 0.412 e. The Kier molecular flexibility index (Phi) is 4.10. The van der Waals surface area contributed by atoms with Crippen LogP contribution in [0.3, 0.4) is 0 Å². The summed E-state index contributed by atoms with van der Waals surface area (Å²) in [5.74, 6) is 0. The van der Waals surface area contributed by atoms with Crippen molar-refractivity contribution in [2.24, 2.45) is 0 Å². The second kappa shape index (κ2) is 5.57. The highest BCUT2D eigenvalue weighted by molar-refractivity contribution is 7.90. The molecule has 0 saturated heterocycles. The molecule has 1 aromatic heterocycles. The summed E-state index contributed by atoms with van der Waals surface area (Å²) in [5, 5.41) is 3.91. The molecule has 0 spiro atoms. The lowest BCUT2D eigenvalue weighted by molar-refractivity contribution is 0.0636. The highest BCUT2D eigenvalue weighted by Gasteiger charge is 2.17. The molecule has 0 fully saturated rings. The summed E-state index contributed by atoms with van der Waals surface area (Å²) >= 11 is 0. The predicted octanol–water partition coefficient (Wildman–Crippen LogP) is 2.99. The van der Waals surface area contributed by atoms with E-state index in [0.717, 1.165) is 11.6 Å². The molecule has 7 heteroatoms. The molecule has 1 amide bonds. The number of aromatic nitrogens is 1. The third-order valence-corrected chi connectivity index (χ3v) is 3.91. The quantitative estimate of drug-likeness (QED) is 0.918. The van der Waals surface area contributed by atoms with Crippen molar-refractivity contribution in [2.45, 2.75) is 31.3 Å². The van der Waals surface area contributed by atoms with Crippen molar-refractivity contribution in [3.63, 3.8) is 0 Å². The highest BCUT2D eigenvalue weighted by atomic mass is 32.2. The average molecular weight is 322 g/mol. The van der Waals surface area contributed by atoms with E-state index in [0.29, 0.717) is 11.1 Å². The maximum absolute atomic E-state index is 11.9. The topological polar surface area (TPSA) is 85.4 Å². The summed E-state index contributed by atoms with van der Waals surface area (Å²) in [6.45, 7) is 5.28. The van der Waals surface area contributed by atoms with Crippen LogP contribution >= 0.6 is 0 Å². The van der Waals surface area contributed by atoms with Crippen LogP contribution in [0.4, 0.5) is 10.5 Å². The molecule has 0 atom stereocenters. The molecule has 1 heterocycles. The number of ether oxygens (including phenoxy) is 1. The second-order valence-corrected chi connectivity index (χ2v) is 7.98. The number of hydrogen-bond donors (Lipinski definition) is 1. The van der Waals surface area contributed by atoms with E-state index >= 15 is 0 Å². The number of benzene rings is 1. The Morgan fingerprint density at radius 1 is 1.23 bits per heavy atom. The Labute approximate surface area is 129 Å². The molecule has 0 aliphatic rings. The van der Waals surface area contributed by atoms with Gasteiger partial charge in [-0.25, -0.2) is 13.2 Å². The van der Waals surface area contributed by atoms with E-state index in [1.807, 2.05) is 0 Å². The summed E-state index contributed by atoms with van der Waals surface area (Å²) < 4.78 is 28.5. The maximum Gasteiger partial charge on any atom is 0.412 e. The van der Waals surface area contributed by atoms with Gasteiger partial charge in [0.05, 0.1) is 16.8 Å². The normalized spacial score (nSPS) is 12.2. The molecule has 6 nitrogen and oxygen atoms in total. The van der Waals surface area contributed by atoms with Crippen molar-refractivity contribution in [3.8, 4) is 0 Å². The van der Waals surface area contributed by atoms with Crippen LogP contribution in [-0.4, -0.2) is 31.4 Å². The standard InChI is InChI=1S/C15H18N2O4S/c1-15(2,3)21-14(18)17-13-9-16-8-10-5-6-11(7-12(10)13)22(4,19)20/h5-9H,1-4H3,(H,17,18). The number of sulfone groups is 1. The second-order valence-electron chi connectivity index (χ2n) is 5.97. The molecule has 0 aliphatic carbocycles. The number of hydrogen-bond acceptors (Lipinski definition) is 5. The minimum absolute atomic E-state index is 0.179. The van der Waals surface area contributed by atoms with Crippen LogP contribution in [-0.2, 0) is 14.6 Å². The third kappa shape index (κ3) is 3.94. The van der Waals surface area contributed by atoms with Gasteiger partial charge in [-0.3, -0.25) is 10.3 Å². The van der Waals surface area contributed by atoms with Crippen molar-refractivity contribution >= 4 is 32.4 Å². The first kappa shape index (κ1) is 16.2. The van der Waals surface area contributed by atoms with Crippen LogP contribution < -0.4 is 5.32 Å². The molecular formula is C15H18N2O4S. The zero-order valence-corrected chi connectivity index (χ0v) is 13.7. The van der Waals surface area contributed by atoms with Crippen LogP contribution in [0.5, 0.6) is 0 Å². The van der Waals surface area contributed by atoms with Gasteiger partial charge in [-0.1, -0.05) is 6.07 Å². The molecule has 0 radical (unpaired) electrons. The zero-order valence-electron chi connectivity index (χ0n) is 12.9. The molecule has 0 aliphatic heterocycles. The number of nitrogens with one attached hydrogen (secondary N) is 1. The van der Waals surface area contributed by atoms with Crippen LogP contribution in [0.25, 0.3) is 10.8 Å². The van der Waals surface area contributed by atoms with Crippen LogP contribution in [0, 0.1) is 0 Å². The van der Waals surface area contributed by atoms with Gasteiger partial charge in [0.2, 0.25) is 0 Å². The fourth-order valence-corrected chi connectivity index (χ4v) is 2.53. The first-order valence-electron chi connectivity index (χ1n) is 6.64. The number of rotatable bonds is 2. The Morgan fingerprint density at radius 2 is 1.91 bits per heavy atom. The van der Waals surface area contributed by atoms with Gasteiger partial charge in [0.25, 0.3) is 0 Å². The van der Waals surface area contributed by atoms with Gasteiger partial charge in [-0.05, 0) is 32.9 Å². The molecule has 1 N–H and O–H groups in total. The van der Waals surface area contributed by atoms with E-state index in [1.54, 1.807) is 33.0 Å². The Bertz CT molecular complexity index is 823. The molecule has 2 rings (SSSR count). The van der Waals surface area contributed by atoms with Gasteiger partial charge in [0.1, 0.15) is 5.60 Å². The van der Waals surface area contributed by atoms with Gasteiger partial charge < -0.3 is 4.74 Å². The van der Waals surface area contributed by atoms with E-state index in [2.05, 4.69) is 10.3 Å². The van der Waals surface area contributed by atoms with Gasteiger partial charge >= 0.3 is 6.09 Å². The van der Waals surface area contributed by atoms with Crippen molar-refractivity contribution in [1.29, 1.82) is 0 Å². The van der Waals surface area contributed by atoms with Crippen LogP contribution in [0.1, 0.15) is 20.8 Å². The number of anilines is 1. The first-order valence-corrected chi connectivity index (χ1v) is 8.53. The lowest BCUT2D eigenvalue weighted by Gasteiger charge is -2.20. The minimum atomic E-state index is -3.33. The highest BCUT2D eigenvalue weighted by Crippen LogP contribution is 2.25. The Hall–Kier alpha value is -2.15. The summed E-state index contributed by atoms with van der Waals surface area (Å²) in [7, 11) is -3.33. The molecule has 0 bridgehead atoms. The molecule has 2 aromatic rings. The molecule has 0 saturated carbocycles. The van der Waals surface area contributed by atoms with Gasteiger partial charge in [-0.2, -0.15) is 0 Å². The van der Waals surface area contributed by atoms with Crippen LogP contribution in [0.15, 0.2) is 35.5 Å². The Balaban J connectivity index is 2.43. The largest absolute Gasteiger partial charge is 0.444 e. The van der Waals surface area contributed by atoms with E-state index < -0.39 is 21.5 Å². The average Bonchev–Trinajstić information content (AvgIpc) is 2.35. The third-order valence-electron chi connectivity index (χ3n) is 2.80. The van der Waals surface area contributed by atoms with Gasteiger partial charge in [0.15, 0.2) is 9.84 Å². The van der Waals surface area contributed by atoms with E-state index in [1.165, 1.54) is 18.3 Å². The van der Waals surface area contributed by atoms with Crippen molar-refractivity contribution in [3.05, 3.63) is 30.6 Å². The number of pyridine rings is 1. The number of carbonyl (C=O) groups is 1. The summed E-state index contributed by atoms with van der Waals surface area (Å²) in [6.07, 6.45) is 3.57. The molecule has 118 valence electrons. The SMILES string of the molecule is CC(C)(C)OC(=O)Nc1cncc2ccc(S(C)(=O)=O)cc12. The van der Waals surface area contributed by atoms with Crippen molar-refractivity contribution in [1.82, 2.24) is 4.98 Å². The zero-order chi connectivity index (χ0) is 16.5. The van der Waals surface area contributed by atoms with Gasteiger partial charge in [-0.15, -0.1) is 0 Å². The first-order chi connectivity index (χ1) is 10.1. The number of amides is 1. The predicted molar refractivity (Wildman–Crippen MR) is 84.7 cm³/mol. The molecule has 0 unspecified atom stereocenters. The van der Waals surface area contributed by atoms with Crippen LogP contribution in [0.2, 0.25) is 0 Å². The molecule has 22 heavy (non-hydrogen) atoms. The number of fused-ring (bicyclic) bond motifs is 1. The van der Waals surface area contributed by atoms with Gasteiger partial charge in [0, 0.05) is 23.2 Å². The summed E-state index contributed by atoms with van der Waals surface area (Å²) in [5.41, 5.74) is -0.225. The summed E-state index contributed by atoms with van der Waals surface area (Å²) in [4.78, 5) is 16.1. The van der Waals surface area contributed by atoms with Crippen molar-refractivity contribution in [2.75, 3.05) is 11.6 Å². The monoisotopic (exact) mass is 322 g/mol.